The molecule has 0 fully saturated rings. The zero-order chi connectivity index (χ0) is 12.1. The van der Waals surface area contributed by atoms with Gasteiger partial charge in [0.25, 0.3) is 0 Å². The third-order valence-corrected chi connectivity index (χ3v) is 1.19. The van der Waals surface area contributed by atoms with Gasteiger partial charge >= 0.3 is 16.5 Å². The van der Waals surface area contributed by atoms with Crippen molar-refractivity contribution in [3.05, 3.63) is 38.1 Å². The number of hydrogen-bond acceptors (Lipinski definition) is 1. The molecule has 0 amide bonds. The Balaban J connectivity index is -0.000000207. The van der Waals surface area contributed by atoms with Gasteiger partial charge in [-0.05, 0) is 6.07 Å². The Morgan fingerprint density at radius 3 is 1.75 bits per heavy atom. The van der Waals surface area contributed by atoms with Gasteiger partial charge < -0.3 is 18.6 Å². The van der Waals surface area contributed by atoms with Crippen molar-refractivity contribution in [1.82, 2.24) is 0 Å². The normalized spacial score (nSPS) is 7.31. The second kappa shape index (κ2) is 17.0. The van der Waals surface area contributed by atoms with Crippen LogP contribution in [0.15, 0.2) is 24.3 Å². The molecule has 1 aromatic carbocycles. The molecular formula is C13H22BNiO. The maximum Gasteiger partial charge on any atom is 2.00 e. The maximum absolute atomic E-state index is 4.98. The second-order valence-electron chi connectivity index (χ2n) is 2.81. The van der Waals surface area contributed by atoms with E-state index in [1.165, 1.54) is 0 Å². The average Bonchev–Trinajstić information content (AvgIpc) is 2.21. The Morgan fingerprint density at radius 1 is 1.12 bits per heavy atom. The molecule has 0 atom stereocenters. The summed E-state index contributed by atoms with van der Waals surface area (Å²) in [5.74, 6) is 0.845. The van der Waals surface area contributed by atoms with Crippen LogP contribution < -0.4 is 10.2 Å². The maximum atomic E-state index is 4.98. The summed E-state index contributed by atoms with van der Waals surface area (Å²) in [6.45, 7) is 11.0. The number of hydrogen-bond donors (Lipinski definition) is 0. The molecule has 1 rings (SSSR count). The summed E-state index contributed by atoms with van der Waals surface area (Å²) in [4.78, 5) is 0. The van der Waals surface area contributed by atoms with E-state index >= 15 is 0 Å². The molecule has 0 N–H and O–H groups in total. The molecule has 0 aromatic heterocycles. The first-order chi connectivity index (χ1) is 7.17. The first-order valence-electron chi connectivity index (χ1n) is 5.21. The predicted molar refractivity (Wildman–Crippen MR) is 71.1 cm³/mol. The minimum Gasteiger partial charge on any atom is -0.497 e. The van der Waals surface area contributed by atoms with Gasteiger partial charge in [0, 0.05) is 0 Å². The van der Waals surface area contributed by atoms with Crippen LogP contribution in [-0.4, -0.2) is 15.0 Å². The first kappa shape index (κ1) is 20.9. The van der Waals surface area contributed by atoms with Crippen molar-refractivity contribution in [3.8, 4) is 5.75 Å². The summed E-state index contributed by atoms with van der Waals surface area (Å²) in [5, 5.41) is 0. The second-order valence-corrected chi connectivity index (χ2v) is 2.81. The van der Waals surface area contributed by atoms with Crippen molar-refractivity contribution in [2.45, 2.75) is 26.7 Å². The van der Waals surface area contributed by atoms with E-state index in [1.807, 2.05) is 38.1 Å². The molecular weight excluding hydrogens is 242 g/mol. The summed E-state index contributed by atoms with van der Waals surface area (Å²) in [7, 11) is 5.41. The molecule has 3 heteroatoms. The van der Waals surface area contributed by atoms with Crippen molar-refractivity contribution in [2.75, 3.05) is 7.11 Å². The fourth-order valence-corrected chi connectivity index (χ4v) is 0.703. The van der Waals surface area contributed by atoms with E-state index < -0.39 is 0 Å². The molecule has 1 radical (unpaired) electrons. The molecule has 16 heavy (non-hydrogen) atoms. The smallest absolute Gasteiger partial charge is 0.497 e. The molecule has 0 spiro atoms. The van der Waals surface area contributed by atoms with E-state index in [0.717, 1.165) is 24.1 Å². The Kier molecular flexibility index (Phi) is 22.2. The third kappa shape index (κ3) is 13.6. The summed E-state index contributed by atoms with van der Waals surface area (Å²) in [5.41, 5.74) is 0.931. The Bertz CT molecular complexity index is 227. The number of benzene rings is 1. The molecule has 0 unspecified atom stereocenters. The van der Waals surface area contributed by atoms with Crippen LogP contribution in [0.1, 0.15) is 26.7 Å². The average molecular weight is 264 g/mol. The van der Waals surface area contributed by atoms with E-state index in [9.17, 15) is 0 Å². The van der Waals surface area contributed by atoms with Crippen LogP contribution in [0.2, 0.25) is 0 Å². The van der Waals surface area contributed by atoms with Crippen LogP contribution in [0, 0.1) is 13.8 Å². The van der Waals surface area contributed by atoms with Crippen LogP contribution >= 0.6 is 0 Å². The zero-order valence-corrected chi connectivity index (χ0v) is 11.6. The van der Waals surface area contributed by atoms with Gasteiger partial charge in [0.05, 0.1) is 7.11 Å². The van der Waals surface area contributed by atoms with Gasteiger partial charge in [0.1, 0.15) is 13.6 Å². The van der Waals surface area contributed by atoms with Crippen molar-refractivity contribution in [3.63, 3.8) is 0 Å². The molecule has 1 nitrogen and oxygen atoms in total. The number of para-hydroxylation sites is 1. The fraction of sp³-hybridized carbons (Fsp3) is 0.385. The van der Waals surface area contributed by atoms with E-state index in [1.54, 1.807) is 7.11 Å². The summed E-state index contributed by atoms with van der Waals surface area (Å²) in [6.07, 6.45) is 2.00. The molecule has 0 aliphatic rings. The fourth-order valence-electron chi connectivity index (χ4n) is 0.703. The third-order valence-electron chi connectivity index (χ3n) is 1.19. The SMILES string of the molecule is [BH]c1ccccc1OC.[CH2-]CC.[CH2-]CC.[Ni+2]. The van der Waals surface area contributed by atoms with Crippen molar-refractivity contribution in [2.24, 2.45) is 0 Å². The van der Waals surface area contributed by atoms with Gasteiger partial charge in [-0.15, -0.1) is 0 Å². The van der Waals surface area contributed by atoms with E-state index in [-0.39, 0.29) is 16.5 Å². The molecule has 0 saturated carbocycles. The van der Waals surface area contributed by atoms with E-state index in [2.05, 4.69) is 21.7 Å². The van der Waals surface area contributed by atoms with Crippen LogP contribution in [0.25, 0.3) is 0 Å². The Labute approximate surface area is 112 Å². The molecule has 0 saturated heterocycles. The van der Waals surface area contributed by atoms with E-state index in [0.29, 0.717) is 0 Å². The quantitative estimate of drug-likeness (QED) is 0.559. The Hall–Kier alpha value is -0.422. The molecule has 0 bridgehead atoms. The van der Waals surface area contributed by atoms with Gasteiger partial charge in [0.2, 0.25) is 0 Å². The largest absolute Gasteiger partial charge is 2.00 e. The summed E-state index contributed by atoms with van der Waals surface area (Å²) in [6, 6.07) is 7.67. The zero-order valence-electron chi connectivity index (χ0n) is 10.6. The number of methoxy groups -OCH3 is 1. The number of rotatable bonds is 1. The van der Waals surface area contributed by atoms with Crippen molar-refractivity contribution < 1.29 is 21.2 Å². The molecule has 0 aliphatic carbocycles. The summed E-state index contributed by atoms with van der Waals surface area (Å²) < 4.78 is 4.98. The predicted octanol–water partition coefficient (Wildman–Crippen LogP) is 2.68. The van der Waals surface area contributed by atoms with Gasteiger partial charge in [-0.25, -0.2) is 0 Å². The van der Waals surface area contributed by atoms with Crippen LogP contribution in [0.5, 0.6) is 5.75 Å². The van der Waals surface area contributed by atoms with Crippen molar-refractivity contribution in [1.29, 1.82) is 0 Å². The van der Waals surface area contributed by atoms with Gasteiger partial charge in [-0.1, -0.05) is 37.5 Å². The van der Waals surface area contributed by atoms with Gasteiger partial charge in [-0.3, -0.25) is 0 Å². The summed E-state index contributed by atoms with van der Waals surface area (Å²) >= 11 is 0. The topological polar surface area (TPSA) is 9.23 Å². The Morgan fingerprint density at radius 2 is 1.50 bits per heavy atom. The standard InChI is InChI=1S/C7H8BO.2C3H7.Ni/c1-9-7-5-3-2-4-6(7)8;2*1-3-2;/h2-5,8H,1H3;2*1,3H2,2H3;/q;2*-1;+2. The van der Waals surface area contributed by atoms with Crippen molar-refractivity contribution >= 4 is 13.3 Å². The van der Waals surface area contributed by atoms with E-state index in [4.69, 9.17) is 4.74 Å². The molecule has 1 aromatic rings. The van der Waals surface area contributed by atoms with Crippen LogP contribution in [0.3, 0.4) is 0 Å². The van der Waals surface area contributed by atoms with Gasteiger partial charge in [-0.2, -0.15) is 12.8 Å². The van der Waals surface area contributed by atoms with Crippen LogP contribution in [-0.2, 0) is 16.5 Å². The van der Waals surface area contributed by atoms with Gasteiger partial charge in [0.15, 0.2) is 0 Å². The monoisotopic (exact) mass is 263 g/mol. The minimum absolute atomic E-state index is 0. The first-order valence-corrected chi connectivity index (χ1v) is 5.21. The molecule has 0 heterocycles. The number of ether oxygens (including phenoxy) is 1. The molecule has 0 aliphatic heterocycles. The van der Waals surface area contributed by atoms with Crippen LogP contribution in [0.4, 0.5) is 0 Å². The minimum atomic E-state index is 0. The molecule has 93 valence electrons.